The van der Waals surface area contributed by atoms with E-state index in [1.165, 1.54) is 0 Å². The van der Waals surface area contributed by atoms with E-state index in [0.29, 0.717) is 12.1 Å². The lowest BCUT2D eigenvalue weighted by atomic mass is 10.0. The van der Waals surface area contributed by atoms with Crippen LogP contribution in [-0.2, 0) is 30.1 Å². The summed E-state index contributed by atoms with van der Waals surface area (Å²) in [6, 6.07) is 1.40. The maximum Gasteiger partial charge on any atom is 0.299 e. The van der Waals surface area contributed by atoms with Gasteiger partial charge in [-0.15, -0.1) is 0 Å². The number of rotatable bonds is 4. The Morgan fingerprint density at radius 1 is 0.759 bits per heavy atom. The fourth-order valence-electron chi connectivity index (χ4n) is 3.03. The van der Waals surface area contributed by atoms with Gasteiger partial charge in [-0.05, 0) is 0 Å². The Kier molecular flexibility index (Phi) is 4.52. The molecule has 0 aromatic heterocycles. The molecule has 0 saturated carbocycles. The molecular formula is C14H12O12S3. The van der Waals surface area contributed by atoms with Gasteiger partial charge in [-0.3, -0.25) is 9.11 Å². The molecule has 3 rings (SSSR count). The fourth-order valence-corrected chi connectivity index (χ4v) is 6.50. The van der Waals surface area contributed by atoms with Gasteiger partial charge in [0.05, 0.1) is 24.0 Å². The fraction of sp³-hybridized carbons (Fsp3) is 0.143. The zero-order chi connectivity index (χ0) is 22.1. The number of hydrogen-bond acceptors (Lipinski definition) is 10. The Morgan fingerprint density at radius 2 is 1.07 bits per heavy atom. The summed E-state index contributed by atoms with van der Waals surface area (Å²) < 4.78 is 102. The van der Waals surface area contributed by atoms with E-state index in [4.69, 9.17) is 9.47 Å². The summed E-state index contributed by atoms with van der Waals surface area (Å²) in [5.74, 6) is -3.74. The van der Waals surface area contributed by atoms with Gasteiger partial charge in [0.25, 0.3) is 20.2 Å². The monoisotopic (exact) mass is 468 g/mol. The molecule has 1 aliphatic heterocycles. The standard InChI is InChI=1S/C14H12O12S3/c1-25-5-3-7-9(13(11(5)15)28(19,20)21)10-8(27(7,17)18)4-6(26-2)12(16)14(10)29(22,23)24/h3-4,15-16H,1-2H3,(H,19,20,21)(H,22,23,24). The number of phenols is 2. The van der Waals surface area contributed by atoms with Crippen molar-refractivity contribution in [2.24, 2.45) is 0 Å². The molecule has 29 heavy (non-hydrogen) atoms. The van der Waals surface area contributed by atoms with Crippen molar-refractivity contribution in [1.29, 1.82) is 0 Å². The van der Waals surface area contributed by atoms with E-state index in [1.54, 1.807) is 0 Å². The van der Waals surface area contributed by atoms with Gasteiger partial charge in [0.15, 0.2) is 23.0 Å². The number of fused-ring (bicyclic) bond motifs is 3. The quantitative estimate of drug-likeness (QED) is 0.385. The number of aromatic hydroxyl groups is 2. The molecule has 0 saturated heterocycles. The predicted molar refractivity (Wildman–Crippen MR) is 93.4 cm³/mol. The third kappa shape index (κ3) is 2.89. The SMILES string of the molecule is COc1cc2c(c(S(=O)(=O)O)c1O)-c1c(cc(OC)c(O)c1S(=O)(=O)O)S2(=O)=O. The van der Waals surface area contributed by atoms with E-state index in [2.05, 4.69) is 0 Å². The molecule has 15 heteroatoms. The third-order valence-electron chi connectivity index (χ3n) is 4.15. The van der Waals surface area contributed by atoms with Crippen LogP contribution in [0.3, 0.4) is 0 Å². The van der Waals surface area contributed by atoms with E-state index in [1.807, 2.05) is 0 Å². The van der Waals surface area contributed by atoms with Crippen molar-refractivity contribution in [1.82, 2.24) is 0 Å². The molecule has 4 N–H and O–H groups in total. The van der Waals surface area contributed by atoms with Gasteiger partial charge >= 0.3 is 0 Å². The molecule has 0 bridgehead atoms. The van der Waals surface area contributed by atoms with Gasteiger partial charge in [-0.25, -0.2) is 8.42 Å². The van der Waals surface area contributed by atoms with Crippen LogP contribution in [0.4, 0.5) is 0 Å². The zero-order valence-corrected chi connectivity index (χ0v) is 16.9. The summed E-state index contributed by atoms with van der Waals surface area (Å²) in [6.45, 7) is 0. The van der Waals surface area contributed by atoms with Gasteiger partial charge in [0, 0.05) is 23.3 Å². The summed E-state index contributed by atoms with van der Waals surface area (Å²) in [6.07, 6.45) is 0. The second kappa shape index (κ2) is 6.20. The topological polar surface area (TPSA) is 202 Å². The van der Waals surface area contributed by atoms with Crippen molar-refractivity contribution in [3.8, 4) is 34.1 Å². The minimum absolute atomic E-state index is 0.655. The van der Waals surface area contributed by atoms with Crippen LogP contribution < -0.4 is 9.47 Å². The molecule has 0 atom stereocenters. The maximum absolute atomic E-state index is 13.0. The minimum atomic E-state index is -5.36. The first-order chi connectivity index (χ1) is 13.2. The third-order valence-corrected chi connectivity index (χ3v) is 7.78. The molecule has 1 aliphatic rings. The average molecular weight is 468 g/mol. The normalized spacial score (nSPS) is 14.9. The number of phenolic OH excluding ortho intramolecular Hbond substituents is 2. The summed E-state index contributed by atoms with van der Waals surface area (Å²) in [4.78, 5) is -4.48. The van der Waals surface area contributed by atoms with Crippen LogP contribution in [-0.4, -0.2) is 58.8 Å². The Hall–Kier alpha value is -2.59. The summed E-state index contributed by atoms with van der Waals surface area (Å²) in [5, 5.41) is 20.4. The molecule has 0 radical (unpaired) electrons. The lowest BCUT2D eigenvalue weighted by molar-refractivity contribution is 0.361. The molecule has 12 nitrogen and oxygen atoms in total. The van der Waals surface area contributed by atoms with E-state index < -0.39 is 83.8 Å². The van der Waals surface area contributed by atoms with Crippen molar-refractivity contribution < 1.29 is 54.0 Å². The number of methoxy groups -OCH3 is 2. The highest BCUT2D eigenvalue weighted by Gasteiger charge is 2.45. The zero-order valence-electron chi connectivity index (χ0n) is 14.4. The number of ether oxygens (including phenoxy) is 2. The summed E-state index contributed by atoms with van der Waals surface area (Å²) in [7, 11) is -13.4. The largest absolute Gasteiger partial charge is 0.503 e. The molecule has 0 spiro atoms. The van der Waals surface area contributed by atoms with Crippen molar-refractivity contribution in [2.45, 2.75) is 19.6 Å². The lowest BCUT2D eigenvalue weighted by Gasteiger charge is -2.14. The van der Waals surface area contributed by atoms with E-state index >= 15 is 0 Å². The van der Waals surface area contributed by atoms with Gasteiger partial charge in [0.1, 0.15) is 9.79 Å². The maximum atomic E-state index is 13.0. The van der Waals surface area contributed by atoms with Crippen LogP contribution in [0.5, 0.6) is 23.0 Å². The Balaban J connectivity index is 2.76. The molecule has 0 fully saturated rings. The van der Waals surface area contributed by atoms with Crippen molar-refractivity contribution in [3.05, 3.63) is 12.1 Å². The van der Waals surface area contributed by atoms with Gasteiger partial charge in [0.2, 0.25) is 9.84 Å². The molecule has 2 aromatic rings. The second-order valence-corrected chi connectivity index (χ2v) is 10.3. The van der Waals surface area contributed by atoms with Crippen LogP contribution >= 0.6 is 0 Å². The van der Waals surface area contributed by atoms with Crippen molar-refractivity contribution in [3.63, 3.8) is 0 Å². The summed E-state index contributed by atoms with van der Waals surface area (Å²) >= 11 is 0. The molecule has 0 unspecified atom stereocenters. The van der Waals surface area contributed by atoms with Crippen LogP contribution in [0, 0.1) is 0 Å². The first-order valence-corrected chi connectivity index (χ1v) is 11.6. The van der Waals surface area contributed by atoms with E-state index in [9.17, 15) is 44.6 Å². The van der Waals surface area contributed by atoms with E-state index in [-0.39, 0.29) is 0 Å². The molecular weight excluding hydrogens is 456 g/mol. The highest BCUT2D eigenvalue weighted by atomic mass is 32.2. The molecule has 0 aliphatic carbocycles. The first kappa shape index (κ1) is 21.1. The highest BCUT2D eigenvalue weighted by Crippen LogP contribution is 2.57. The lowest BCUT2D eigenvalue weighted by Crippen LogP contribution is -2.06. The highest BCUT2D eigenvalue weighted by molar-refractivity contribution is 7.92. The average Bonchev–Trinajstić information content (AvgIpc) is 2.78. The number of sulfone groups is 1. The van der Waals surface area contributed by atoms with Crippen LogP contribution in [0.2, 0.25) is 0 Å². The predicted octanol–water partition coefficient (Wildman–Crippen LogP) is 0.422. The smallest absolute Gasteiger partial charge is 0.299 e. The Morgan fingerprint density at radius 3 is 1.31 bits per heavy atom. The van der Waals surface area contributed by atoms with Crippen molar-refractivity contribution in [2.75, 3.05) is 14.2 Å². The van der Waals surface area contributed by atoms with Gasteiger partial charge < -0.3 is 19.7 Å². The number of benzene rings is 2. The number of hydrogen-bond donors (Lipinski definition) is 4. The molecule has 0 amide bonds. The van der Waals surface area contributed by atoms with Gasteiger partial charge in [-0.1, -0.05) is 0 Å². The minimum Gasteiger partial charge on any atom is -0.503 e. The molecule has 158 valence electrons. The van der Waals surface area contributed by atoms with Crippen molar-refractivity contribution >= 4 is 30.1 Å². The van der Waals surface area contributed by atoms with Gasteiger partial charge in [-0.2, -0.15) is 16.8 Å². The first-order valence-electron chi connectivity index (χ1n) is 7.26. The van der Waals surface area contributed by atoms with Crippen LogP contribution in [0.15, 0.2) is 31.7 Å². The van der Waals surface area contributed by atoms with E-state index in [0.717, 1.165) is 14.2 Å². The molecule has 1 heterocycles. The second-order valence-electron chi connectivity index (χ2n) is 5.71. The molecule has 2 aromatic carbocycles. The Labute approximate surface area is 164 Å². The van der Waals surface area contributed by atoms with Crippen LogP contribution in [0.1, 0.15) is 0 Å². The van der Waals surface area contributed by atoms with Crippen LogP contribution in [0.25, 0.3) is 11.1 Å². The Bertz CT molecular complexity index is 1280. The summed E-state index contributed by atoms with van der Waals surface area (Å²) in [5.41, 5.74) is -1.93.